The molecule has 104 valence electrons. The van der Waals surface area contributed by atoms with Crippen LogP contribution < -0.4 is 16.2 Å². The molecule has 2 aromatic rings. The summed E-state index contributed by atoms with van der Waals surface area (Å²) in [4.78, 5) is 19.2. The zero-order chi connectivity index (χ0) is 14.7. The van der Waals surface area contributed by atoms with Crippen LogP contribution in [0.1, 0.15) is 0 Å². The van der Waals surface area contributed by atoms with E-state index in [0.29, 0.717) is 0 Å². The molecule has 1 heterocycles. The molecule has 0 saturated carbocycles. The number of hydrazine groups is 1. The van der Waals surface area contributed by atoms with E-state index in [1.807, 2.05) is 0 Å². The van der Waals surface area contributed by atoms with Gasteiger partial charge in [0, 0.05) is 7.05 Å². The zero-order valence-corrected chi connectivity index (χ0v) is 10.4. The molecule has 8 nitrogen and oxygen atoms in total. The monoisotopic (exact) mass is 278 g/mol. The van der Waals surface area contributed by atoms with Crippen molar-refractivity contribution in [3.05, 3.63) is 46.4 Å². The lowest BCUT2D eigenvalue weighted by Gasteiger charge is -2.18. The summed E-state index contributed by atoms with van der Waals surface area (Å²) in [5, 5.41) is 11.0. The van der Waals surface area contributed by atoms with Crippen molar-refractivity contribution in [2.24, 2.45) is 5.84 Å². The second-order valence-electron chi connectivity index (χ2n) is 3.81. The molecule has 0 aliphatic heterocycles. The number of anilines is 3. The van der Waals surface area contributed by atoms with Crippen molar-refractivity contribution >= 4 is 23.1 Å². The molecule has 0 spiro atoms. The van der Waals surface area contributed by atoms with E-state index in [9.17, 15) is 14.5 Å². The average Bonchev–Trinajstić information content (AvgIpc) is 2.46. The highest BCUT2D eigenvalue weighted by atomic mass is 19.1. The Kier molecular flexibility index (Phi) is 3.71. The van der Waals surface area contributed by atoms with Crippen molar-refractivity contribution in [3.63, 3.8) is 0 Å². The Morgan fingerprint density at radius 2 is 2.15 bits per heavy atom. The Morgan fingerprint density at radius 3 is 2.75 bits per heavy atom. The van der Waals surface area contributed by atoms with Crippen LogP contribution in [0.5, 0.6) is 0 Å². The fourth-order valence-corrected chi connectivity index (χ4v) is 1.65. The zero-order valence-electron chi connectivity index (χ0n) is 10.4. The van der Waals surface area contributed by atoms with Crippen molar-refractivity contribution in [2.45, 2.75) is 0 Å². The van der Waals surface area contributed by atoms with E-state index in [1.165, 1.54) is 30.1 Å². The molecule has 0 atom stereocenters. The maximum Gasteiger partial charge on any atom is 0.330 e. The molecule has 0 fully saturated rings. The lowest BCUT2D eigenvalue weighted by atomic mass is 10.2. The van der Waals surface area contributed by atoms with Crippen LogP contribution in [0.2, 0.25) is 0 Å². The van der Waals surface area contributed by atoms with Crippen LogP contribution in [-0.4, -0.2) is 21.9 Å². The summed E-state index contributed by atoms with van der Waals surface area (Å²) in [6, 6.07) is 5.87. The van der Waals surface area contributed by atoms with Gasteiger partial charge < -0.3 is 4.90 Å². The second kappa shape index (κ2) is 5.45. The van der Waals surface area contributed by atoms with Gasteiger partial charge in [-0.05, 0) is 12.1 Å². The van der Waals surface area contributed by atoms with E-state index in [1.54, 1.807) is 6.07 Å². The normalized spacial score (nSPS) is 10.2. The van der Waals surface area contributed by atoms with Gasteiger partial charge in [-0.3, -0.25) is 15.5 Å². The predicted molar refractivity (Wildman–Crippen MR) is 71.0 cm³/mol. The number of benzene rings is 1. The van der Waals surface area contributed by atoms with Gasteiger partial charge in [0.05, 0.1) is 10.6 Å². The number of nitro groups is 1. The Morgan fingerprint density at radius 1 is 1.45 bits per heavy atom. The molecule has 20 heavy (non-hydrogen) atoms. The topological polar surface area (TPSA) is 110 Å². The first-order chi connectivity index (χ1) is 9.54. The maximum absolute atomic E-state index is 13.7. The summed E-state index contributed by atoms with van der Waals surface area (Å²) in [6.07, 6.45) is 1.01. The lowest BCUT2D eigenvalue weighted by molar-refractivity contribution is -0.384. The first-order valence-corrected chi connectivity index (χ1v) is 5.51. The first kappa shape index (κ1) is 13.6. The van der Waals surface area contributed by atoms with Crippen LogP contribution in [0.25, 0.3) is 0 Å². The molecular formula is C11H11FN6O2. The smallest absolute Gasteiger partial charge is 0.321 e. The Labute approximate surface area is 113 Å². The number of nitrogens with two attached hydrogens (primary N) is 1. The lowest BCUT2D eigenvalue weighted by Crippen LogP contribution is -2.18. The number of para-hydroxylation sites is 1. The highest BCUT2D eigenvalue weighted by Crippen LogP contribution is 2.31. The fourth-order valence-electron chi connectivity index (χ4n) is 1.65. The number of nitrogens with one attached hydrogen (secondary N) is 1. The van der Waals surface area contributed by atoms with Gasteiger partial charge in [0.1, 0.15) is 12.0 Å². The average molecular weight is 278 g/mol. The quantitative estimate of drug-likeness (QED) is 0.496. The van der Waals surface area contributed by atoms with E-state index in [-0.39, 0.29) is 23.1 Å². The Bertz CT molecular complexity index is 651. The van der Waals surface area contributed by atoms with Gasteiger partial charge in [-0.15, -0.1) is 0 Å². The molecule has 0 saturated heterocycles. The first-order valence-electron chi connectivity index (χ1n) is 5.51. The minimum atomic E-state index is -0.646. The van der Waals surface area contributed by atoms with Crippen LogP contribution in [-0.2, 0) is 0 Å². The molecule has 0 amide bonds. The third-order valence-corrected chi connectivity index (χ3v) is 2.61. The minimum Gasteiger partial charge on any atom is -0.321 e. The third-order valence-electron chi connectivity index (χ3n) is 2.61. The van der Waals surface area contributed by atoms with Crippen LogP contribution in [0, 0.1) is 15.9 Å². The largest absolute Gasteiger partial charge is 0.330 e. The van der Waals surface area contributed by atoms with Gasteiger partial charge in [0.15, 0.2) is 0 Å². The van der Waals surface area contributed by atoms with E-state index in [4.69, 9.17) is 5.84 Å². The summed E-state index contributed by atoms with van der Waals surface area (Å²) < 4.78 is 13.7. The highest BCUT2D eigenvalue weighted by Gasteiger charge is 2.23. The summed E-state index contributed by atoms with van der Waals surface area (Å²) >= 11 is 0. The van der Waals surface area contributed by atoms with E-state index < -0.39 is 10.7 Å². The number of hydrogen-bond donors (Lipinski definition) is 2. The van der Waals surface area contributed by atoms with Crippen molar-refractivity contribution in [1.29, 1.82) is 0 Å². The molecule has 2 rings (SSSR count). The number of halogens is 1. The molecule has 0 unspecified atom stereocenters. The van der Waals surface area contributed by atoms with Crippen molar-refractivity contribution < 1.29 is 9.31 Å². The van der Waals surface area contributed by atoms with Gasteiger partial charge >= 0.3 is 5.69 Å². The van der Waals surface area contributed by atoms with Crippen LogP contribution in [0.15, 0.2) is 30.5 Å². The van der Waals surface area contributed by atoms with Gasteiger partial charge in [-0.25, -0.2) is 15.2 Å². The molecule has 0 bridgehead atoms. The standard InChI is InChI=1S/C11H11FN6O2/c1-17(8-5-3-2-4-7(8)12)10-9(18(19)20)6-14-11(15-10)16-13/h2-6H,13H2,1H3,(H,14,15,16). The number of nitrogens with zero attached hydrogens (tertiary/aromatic N) is 4. The number of nitrogen functional groups attached to an aromatic ring is 1. The summed E-state index contributed by atoms with van der Waals surface area (Å²) in [6.45, 7) is 0. The van der Waals surface area contributed by atoms with E-state index in [2.05, 4.69) is 15.4 Å². The molecular weight excluding hydrogens is 267 g/mol. The van der Waals surface area contributed by atoms with Gasteiger partial charge in [-0.2, -0.15) is 4.98 Å². The Balaban J connectivity index is 2.55. The summed E-state index contributed by atoms with van der Waals surface area (Å²) in [5.41, 5.74) is 1.99. The highest BCUT2D eigenvalue weighted by molar-refractivity contribution is 5.68. The van der Waals surface area contributed by atoms with Crippen molar-refractivity contribution in [3.8, 4) is 0 Å². The maximum atomic E-state index is 13.7. The van der Waals surface area contributed by atoms with Crippen molar-refractivity contribution in [2.75, 3.05) is 17.4 Å². The number of aromatic nitrogens is 2. The fraction of sp³-hybridized carbons (Fsp3) is 0.0909. The second-order valence-corrected chi connectivity index (χ2v) is 3.81. The van der Waals surface area contributed by atoms with E-state index in [0.717, 1.165) is 6.20 Å². The molecule has 0 aliphatic rings. The SMILES string of the molecule is CN(c1ccccc1F)c1nc(NN)ncc1[N+](=O)[O-]. The van der Waals surface area contributed by atoms with Gasteiger partial charge in [-0.1, -0.05) is 12.1 Å². The third kappa shape index (κ3) is 2.47. The Hall–Kier alpha value is -2.81. The van der Waals surface area contributed by atoms with Crippen LogP contribution in [0.3, 0.4) is 0 Å². The number of rotatable bonds is 4. The molecule has 0 aliphatic carbocycles. The van der Waals surface area contributed by atoms with Gasteiger partial charge in [0.25, 0.3) is 0 Å². The number of hydrogen-bond acceptors (Lipinski definition) is 7. The molecule has 1 aromatic carbocycles. The van der Waals surface area contributed by atoms with E-state index >= 15 is 0 Å². The van der Waals surface area contributed by atoms with Crippen molar-refractivity contribution in [1.82, 2.24) is 9.97 Å². The summed E-state index contributed by atoms with van der Waals surface area (Å²) in [5.74, 6) is 4.58. The van der Waals surface area contributed by atoms with Crippen LogP contribution in [0.4, 0.5) is 27.5 Å². The minimum absolute atomic E-state index is 0.00575. The molecule has 1 aromatic heterocycles. The molecule has 0 radical (unpaired) electrons. The molecule has 3 N–H and O–H groups in total. The van der Waals surface area contributed by atoms with Crippen LogP contribution >= 0.6 is 0 Å². The summed E-state index contributed by atoms with van der Waals surface area (Å²) in [7, 11) is 1.47. The predicted octanol–water partition coefficient (Wildman–Crippen LogP) is 1.58. The molecule has 9 heteroatoms. The van der Waals surface area contributed by atoms with Gasteiger partial charge in [0.2, 0.25) is 11.8 Å².